The number of carbonyl (C=O) groups excluding carboxylic acids is 3. The van der Waals surface area contributed by atoms with Gasteiger partial charge in [0, 0.05) is 6.42 Å². The first-order chi connectivity index (χ1) is 23.0. The zero-order valence-corrected chi connectivity index (χ0v) is 28.4. The van der Waals surface area contributed by atoms with E-state index in [4.69, 9.17) is 23.7 Å². The van der Waals surface area contributed by atoms with Gasteiger partial charge in [-0.15, -0.1) is 0 Å². The summed E-state index contributed by atoms with van der Waals surface area (Å²) in [6.45, 7) is 8.17. The van der Waals surface area contributed by atoms with E-state index in [1.807, 2.05) is 58.1 Å². The Morgan fingerprint density at radius 2 is 1.61 bits per heavy atom. The lowest BCUT2D eigenvalue weighted by molar-refractivity contribution is -0.355. The van der Waals surface area contributed by atoms with Crippen LogP contribution in [0.4, 0.5) is 0 Å². The molecule has 2 aliphatic heterocycles. The third-order valence-electron chi connectivity index (χ3n) is 8.75. The molecule has 11 atom stereocenters. The van der Waals surface area contributed by atoms with Crippen LogP contribution in [-0.4, -0.2) is 134 Å². The van der Waals surface area contributed by atoms with E-state index >= 15 is 0 Å². The van der Waals surface area contributed by atoms with Crippen molar-refractivity contribution in [1.82, 2.24) is 0 Å². The van der Waals surface area contributed by atoms with Crippen LogP contribution in [0, 0.1) is 5.41 Å². The molecule has 0 saturated carbocycles. The van der Waals surface area contributed by atoms with Crippen LogP contribution in [0.5, 0.6) is 0 Å². The fourth-order valence-corrected chi connectivity index (χ4v) is 5.85. The Balaban J connectivity index is 1.57. The van der Waals surface area contributed by atoms with Gasteiger partial charge in [-0.3, -0.25) is 14.4 Å². The highest BCUT2D eigenvalue weighted by Crippen LogP contribution is 2.41. The van der Waals surface area contributed by atoms with Gasteiger partial charge in [0.2, 0.25) is 0 Å². The summed E-state index contributed by atoms with van der Waals surface area (Å²) >= 11 is 0. The minimum atomic E-state index is -1.92. The molecule has 3 aliphatic rings. The van der Waals surface area contributed by atoms with Gasteiger partial charge in [-0.2, -0.15) is 0 Å². The standard InChI is InChI=1S/C34H50O15/c1-6-7-8-9-17(2)10-11-19-18(3)25(38)20(14-34(19,4)5)46-24(37)13-12-23(36)45-16-22-31(28(41)29(42)32(44)47-22)49-33-30(43)27(40)26(39)21(15-35)48-33/h7-11,20-22,26-33,35,39-44H,6,12-16H2,1-5H3/b8-7+,11-10+,17-9+. The fraction of sp³-hybridized carbons (Fsp3) is 0.676. The first kappa shape index (κ1) is 40.6. The van der Waals surface area contributed by atoms with Gasteiger partial charge in [0.15, 0.2) is 24.5 Å². The Bertz CT molecular complexity index is 1280. The summed E-state index contributed by atoms with van der Waals surface area (Å²) in [5.41, 5.74) is 1.83. The van der Waals surface area contributed by atoms with Crippen LogP contribution in [0.15, 0.2) is 47.1 Å². The zero-order chi connectivity index (χ0) is 36.6. The van der Waals surface area contributed by atoms with E-state index in [1.54, 1.807) is 6.92 Å². The Kier molecular flexibility index (Phi) is 14.8. The van der Waals surface area contributed by atoms with Crippen molar-refractivity contribution in [2.75, 3.05) is 13.2 Å². The van der Waals surface area contributed by atoms with Crippen molar-refractivity contribution in [2.45, 2.75) is 128 Å². The summed E-state index contributed by atoms with van der Waals surface area (Å²) in [6, 6.07) is 0. The molecule has 2 fully saturated rings. The van der Waals surface area contributed by atoms with Gasteiger partial charge in [0.1, 0.15) is 55.4 Å². The minimum absolute atomic E-state index is 0.239. The molecule has 15 nitrogen and oxygen atoms in total. The number of ether oxygens (including phenoxy) is 5. The molecule has 3 rings (SSSR count). The fourth-order valence-electron chi connectivity index (χ4n) is 5.85. The van der Waals surface area contributed by atoms with Gasteiger partial charge in [-0.05, 0) is 36.8 Å². The van der Waals surface area contributed by atoms with Crippen molar-refractivity contribution in [3.05, 3.63) is 47.1 Å². The first-order valence-corrected chi connectivity index (χ1v) is 16.3. The summed E-state index contributed by atoms with van der Waals surface area (Å²) < 4.78 is 26.7. The van der Waals surface area contributed by atoms with Crippen molar-refractivity contribution < 1.29 is 73.8 Å². The lowest BCUT2D eigenvalue weighted by atomic mass is 9.71. The molecule has 0 radical (unpaired) electrons. The summed E-state index contributed by atoms with van der Waals surface area (Å²) in [6.07, 6.45) is -8.08. The van der Waals surface area contributed by atoms with Gasteiger partial charge in [0.25, 0.3) is 0 Å². The van der Waals surface area contributed by atoms with Gasteiger partial charge in [-0.25, -0.2) is 0 Å². The monoisotopic (exact) mass is 698 g/mol. The van der Waals surface area contributed by atoms with Crippen molar-refractivity contribution in [3.63, 3.8) is 0 Å². The number of aliphatic hydroxyl groups excluding tert-OH is 7. The van der Waals surface area contributed by atoms with Gasteiger partial charge in [0.05, 0.1) is 19.4 Å². The Morgan fingerprint density at radius 1 is 0.939 bits per heavy atom. The normalized spacial score (nSPS) is 35.6. The largest absolute Gasteiger partial charge is 0.463 e. The molecule has 0 amide bonds. The molecule has 276 valence electrons. The molecule has 0 spiro atoms. The highest BCUT2D eigenvalue weighted by molar-refractivity contribution is 6.01. The molecule has 0 bridgehead atoms. The summed E-state index contributed by atoms with van der Waals surface area (Å²) in [4.78, 5) is 38.4. The molecule has 0 aromatic heterocycles. The average Bonchev–Trinajstić information content (AvgIpc) is 3.05. The molecule has 49 heavy (non-hydrogen) atoms. The van der Waals surface area contributed by atoms with Gasteiger partial charge < -0.3 is 59.4 Å². The van der Waals surface area contributed by atoms with Crippen LogP contribution >= 0.6 is 0 Å². The number of allylic oxidation sites excluding steroid dienone is 7. The molecule has 0 aromatic rings. The maximum Gasteiger partial charge on any atom is 0.307 e. The molecule has 0 aromatic carbocycles. The van der Waals surface area contributed by atoms with Crippen LogP contribution in [0.3, 0.4) is 0 Å². The first-order valence-electron chi connectivity index (χ1n) is 16.3. The van der Waals surface area contributed by atoms with E-state index in [0.29, 0.717) is 5.57 Å². The summed E-state index contributed by atoms with van der Waals surface area (Å²) in [7, 11) is 0. The summed E-state index contributed by atoms with van der Waals surface area (Å²) in [5, 5.41) is 70.5. The second-order valence-electron chi connectivity index (χ2n) is 13.1. The Morgan fingerprint density at radius 3 is 2.27 bits per heavy atom. The molecule has 2 saturated heterocycles. The number of carbonyl (C=O) groups is 3. The smallest absolute Gasteiger partial charge is 0.307 e. The van der Waals surface area contributed by atoms with E-state index in [9.17, 15) is 50.1 Å². The molecular formula is C34H50O15. The predicted octanol–water partition coefficient (Wildman–Crippen LogP) is -0.370. The van der Waals surface area contributed by atoms with Crippen LogP contribution in [-0.2, 0) is 38.1 Å². The number of hydrogen-bond donors (Lipinski definition) is 7. The number of aliphatic hydroxyl groups is 7. The zero-order valence-electron chi connectivity index (χ0n) is 28.4. The molecule has 1 aliphatic carbocycles. The van der Waals surface area contributed by atoms with E-state index in [-0.39, 0.29) is 12.2 Å². The third-order valence-corrected chi connectivity index (χ3v) is 8.75. The quantitative estimate of drug-likeness (QED) is 0.0959. The molecule has 11 unspecified atom stereocenters. The predicted molar refractivity (Wildman–Crippen MR) is 170 cm³/mol. The van der Waals surface area contributed by atoms with Crippen molar-refractivity contribution >= 4 is 17.7 Å². The lowest BCUT2D eigenvalue weighted by Gasteiger charge is -2.45. The third kappa shape index (κ3) is 10.4. The van der Waals surface area contributed by atoms with Crippen LogP contribution in [0.2, 0.25) is 0 Å². The highest BCUT2D eigenvalue weighted by Gasteiger charge is 2.50. The highest BCUT2D eigenvalue weighted by atomic mass is 16.7. The minimum Gasteiger partial charge on any atom is -0.463 e. The van der Waals surface area contributed by atoms with Crippen molar-refractivity contribution in [1.29, 1.82) is 0 Å². The number of rotatable bonds is 13. The molecule has 7 N–H and O–H groups in total. The molecule has 15 heteroatoms. The van der Waals surface area contributed by atoms with Crippen LogP contribution < -0.4 is 0 Å². The van der Waals surface area contributed by atoms with E-state index < -0.39 is 111 Å². The van der Waals surface area contributed by atoms with Crippen LogP contribution in [0.25, 0.3) is 0 Å². The van der Waals surface area contributed by atoms with E-state index in [0.717, 1.165) is 17.6 Å². The Labute approximate surface area is 285 Å². The summed E-state index contributed by atoms with van der Waals surface area (Å²) in [5.74, 6) is -2.04. The Hall–Kier alpha value is -2.83. The maximum absolute atomic E-state index is 13.1. The van der Waals surface area contributed by atoms with Crippen LogP contribution in [0.1, 0.15) is 60.3 Å². The maximum atomic E-state index is 13.1. The number of Topliss-reactive ketones (excluding diaryl/α,β-unsaturated/α-hetero) is 1. The van der Waals surface area contributed by atoms with E-state index in [2.05, 4.69) is 0 Å². The van der Waals surface area contributed by atoms with E-state index in [1.165, 1.54) is 0 Å². The van der Waals surface area contributed by atoms with Gasteiger partial charge in [-0.1, -0.05) is 56.7 Å². The second-order valence-corrected chi connectivity index (χ2v) is 13.1. The van der Waals surface area contributed by atoms with Gasteiger partial charge >= 0.3 is 11.9 Å². The van der Waals surface area contributed by atoms with Crippen molar-refractivity contribution in [2.24, 2.45) is 5.41 Å². The average molecular weight is 699 g/mol. The SMILES string of the molecule is CC/C=C/C=C(C)/C=C/C1=C(C)C(=O)C(OC(=O)CCC(=O)OCC2OC(O)C(O)C(O)C2OC2OC(CO)C(O)C(O)C2O)CC1(C)C. The molecule has 2 heterocycles. The second kappa shape index (κ2) is 17.9. The number of ketones is 1. The number of hydrogen-bond acceptors (Lipinski definition) is 15. The number of esters is 2. The molecular weight excluding hydrogens is 648 g/mol. The topological polar surface area (TPSA) is 239 Å². The van der Waals surface area contributed by atoms with Crippen molar-refractivity contribution in [3.8, 4) is 0 Å². The lowest BCUT2D eigenvalue weighted by Crippen LogP contribution is -2.64.